The van der Waals surface area contributed by atoms with E-state index in [9.17, 15) is 0 Å². The molecule has 1 unspecified atom stereocenters. The highest BCUT2D eigenvalue weighted by molar-refractivity contribution is 6.24. The van der Waals surface area contributed by atoms with Crippen LogP contribution in [0.3, 0.4) is 0 Å². The first kappa shape index (κ1) is 48.1. The molecule has 0 heterocycles. The Morgan fingerprint density at radius 2 is 0.675 bits per heavy atom. The SMILES string of the molecule is C1=CC(c2ccccc2)CC=C1N(c1ccc(-c2ccccc2)cc1)c1ccc2c(-c3cccc4ccccc34)c3cc(N(c4ccc(-c5ccccc5)cc4)c4ccc(-c5ccccc5)cc4)ccc3c(-c3ccccc3)c2c1. The van der Waals surface area contributed by atoms with Gasteiger partial charge in [-0.25, -0.2) is 0 Å². The minimum absolute atomic E-state index is 0.307. The zero-order valence-corrected chi connectivity index (χ0v) is 44.3. The first-order valence-electron chi connectivity index (χ1n) is 27.8. The van der Waals surface area contributed by atoms with Gasteiger partial charge in [0.15, 0.2) is 0 Å². The molecule has 13 aromatic rings. The third kappa shape index (κ3) is 9.23. The summed E-state index contributed by atoms with van der Waals surface area (Å²) in [6.07, 6.45) is 8.04. The summed E-state index contributed by atoms with van der Waals surface area (Å²) in [6.45, 7) is 0. The molecule has 0 saturated heterocycles. The molecule has 0 bridgehead atoms. The van der Waals surface area contributed by atoms with Crippen molar-refractivity contribution in [2.45, 2.75) is 12.3 Å². The summed E-state index contributed by atoms with van der Waals surface area (Å²) in [6, 6.07) is 111. The molecule has 0 aliphatic heterocycles. The van der Waals surface area contributed by atoms with E-state index in [1.165, 1.54) is 93.5 Å². The van der Waals surface area contributed by atoms with Crippen molar-refractivity contribution in [3.8, 4) is 55.6 Å². The van der Waals surface area contributed by atoms with Crippen LogP contribution in [0.5, 0.6) is 0 Å². The predicted molar refractivity (Wildman–Crippen MR) is 340 cm³/mol. The number of nitrogens with zero attached hydrogens (tertiary/aromatic N) is 2. The molecule has 0 aromatic heterocycles. The minimum Gasteiger partial charge on any atom is -0.311 e. The Bertz CT molecular complexity index is 4290. The van der Waals surface area contributed by atoms with Crippen LogP contribution in [0, 0.1) is 0 Å². The Morgan fingerprint density at radius 3 is 1.19 bits per heavy atom. The van der Waals surface area contributed by atoms with Crippen molar-refractivity contribution in [2.75, 3.05) is 9.80 Å². The highest BCUT2D eigenvalue weighted by atomic mass is 15.1. The molecule has 13 aromatic carbocycles. The van der Waals surface area contributed by atoms with Crippen molar-refractivity contribution in [3.05, 3.63) is 333 Å². The van der Waals surface area contributed by atoms with E-state index < -0.39 is 0 Å². The van der Waals surface area contributed by atoms with Crippen molar-refractivity contribution in [1.82, 2.24) is 0 Å². The van der Waals surface area contributed by atoms with Crippen LogP contribution in [0.1, 0.15) is 17.9 Å². The summed E-state index contributed by atoms with van der Waals surface area (Å²) >= 11 is 0. The zero-order chi connectivity index (χ0) is 53.2. The maximum absolute atomic E-state index is 2.46. The maximum Gasteiger partial charge on any atom is 0.0468 e. The lowest BCUT2D eigenvalue weighted by Crippen LogP contribution is -2.17. The van der Waals surface area contributed by atoms with Gasteiger partial charge >= 0.3 is 0 Å². The van der Waals surface area contributed by atoms with Gasteiger partial charge in [-0.05, 0) is 167 Å². The van der Waals surface area contributed by atoms with E-state index in [0.29, 0.717) is 5.92 Å². The van der Waals surface area contributed by atoms with Gasteiger partial charge < -0.3 is 9.80 Å². The molecule has 14 rings (SSSR count). The van der Waals surface area contributed by atoms with Crippen molar-refractivity contribution in [1.29, 1.82) is 0 Å². The predicted octanol–water partition coefficient (Wildman–Crippen LogP) is 21.7. The lowest BCUT2D eigenvalue weighted by atomic mass is 9.84. The molecule has 0 fully saturated rings. The van der Waals surface area contributed by atoms with E-state index in [4.69, 9.17) is 0 Å². The van der Waals surface area contributed by atoms with Gasteiger partial charge in [0.25, 0.3) is 0 Å². The molecule has 378 valence electrons. The number of benzene rings is 13. The van der Waals surface area contributed by atoms with Gasteiger partial charge in [0.05, 0.1) is 0 Å². The van der Waals surface area contributed by atoms with Crippen LogP contribution in [0.15, 0.2) is 327 Å². The van der Waals surface area contributed by atoms with Gasteiger partial charge in [-0.3, -0.25) is 0 Å². The Balaban J connectivity index is 0.999. The molecule has 0 radical (unpaired) electrons. The fourth-order valence-electron chi connectivity index (χ4n) is 12.0. The van der Waals surface area contributed by atoms with Gasteiger partial charge in [0, 0.05) is 40.1 Å². The minimum atomic E-state index is 0.307. The molecule has 1 aliphatic carbocycles. The second-order valence-electron chi connectivity index (χ2n) is 20.8. The summed E-state index contributed by atoms with van der Waals surface area (Å²) in [5, 5.41) is 7.18. The Morgan fingerprint density at radius 1 is 0.275 bits per heavy atom. The quantitative estimate of drug-likeness (QED) is 0.113. The van der Waals surface area contributed by atoms with E-state index in [-0.39, 0.29) is 0 Å². The highest BCUT2D eigenvalue weighted by Crippen LogP contribution is 2.50. The highest BCUT2D eigenvalue weighted by Gasteiger charge is 2.24. The third-order valence-electron chi connectivity index (χ3n) is 16.0. The lowest BCUT2D eigenvalue weighted by molar-refractivity contribution is 0.840. The molecule has 0 N–H and O–H groups in total. The van der Waals surface area contributed by atoms with Crippen LogP contribution in [-0.4, -0.2) is 0 Å². The average Bonchev–Trinajstić information content (AvgIpc) is 3.73. The largest absolute Gasteiger partial charge is 0.311 e. The third-order valence-corrected chi connectivity index (χ3v) is 16.0. The summed E-state index contributed by atoms with van der Waals surface area (Å²) < 4.78 is 0. The van der Waals surface area contributed by atoms with E-state index in [1.807, 2.05) is 0 Å². The van der Waals surface area contributed by atoms with Crippen LogP contribution >= 0.6 is 0 Å². The molecule has 80 heavy (non-hydrogen) atoms. The fraction of sp³-hybridized carbons (Fsp3) is 0.0256. The number of fused-ring (bicyclic) bond motifs is 3. The number of hydrogen-bond donors (Lipinski definition) is 0. The smallest absolute Gasteiger partial charge is 0.0468 e. The molecular weight excluding hydrogens is 965 g/mol. The monoisotopic (exact) mass is 1020 g/mol. The van der Waals surface area contributed by atoms with E-state index in [0.717, 1.165) is 40.6 Å². The Hall–Kier alpha value is -10.3. The zero-order valence-electron chi connectivity index (χ0n) is 44.3. The molecule has 0 saturated carbocycles. The first-order valence-corrected chi connectivity index (χ1v) is 27.8. The standard InChI is InChI=1S/C78H56N2/c1-6-19-55(20-7-1)59-33-41-65(42-34-59)79(66-43-35-60(36-44-66)56-21-8-2-9-22-56)69-50-52-74-75(53-69)77(64-28-14-5-15-29-64)73-51-49-70(54-76(73)78(74)72-32-18-30-63-27-16-17-31-71(63)72)80(67-45-37-61(38-46-67)57-23-10-3-11-24-57)68-47-39-62(40-48-68)58-25-12-4-13-26-58/h1-35,37-54,60H,36H2. The van der Waals surface area contributed by atoms with Crippen LogP contribution in [-0.2, 0) is 0 Å². The van der Waals surface area contributed by atoms with Crippen LogP contribution in [0.25, 0.3) is 88.0 Å². The second kappa shape index (κ2) is 21.3. The van der Waals surface area contributed by atoms with Gasteiger partial charge in [0.2, 0.25) is 0 Å². The first-order chi connectivity index (χ1) is 39.7. The van der Waals surface area contributed by atoms with Gasteiger partial charge in [-0.1, -0.05) is 255 Å². The van der Waals surface area contributed by atoms with E-state index >= 15 is 0 Å². The van der Waals surface area contributed by atoms with Crippen molar-refractivity contribution in [3.63, 3.8) is 0 Å². The normalized spacial score (nSPS) is 13.1. The summed E-state index contributed by atoms with van der Waals surface area (Å²) in [5.41, 5.74) is 19.8. The topological polar surface area (TPSA) is 6.48 Å². The van der Waals surface area contributed by atoms with Crippen LogP contribution < -0.4 is 9.80 Å². The van der Waals surface area contributed by atoms with Gasteiger partial charge in [-0.2, -0.15) is 0 Å². The number of hydrogen-bond acceptors (Lipinski definition) is 2. The Labute approximate surface area is 468 Å². The van der Waals surface area contributed by atoms with Crippen molar-refractivity contribution >= 4 is 60.8 Å². The molecule has 0 spiro atoms. The van der Waals surface area contributed by atoms with Crippen LogP contribution in [0.2, 0.25) is 0 Å². The summed E-state index contributed by atoms with van der Waals surface area (Å²) in [4.78, 5) is 4.87. The van der Waals surface area contributed by atoms with E-state index in [1.54, 1.807) is 0 Å². The summed E-state index contributed by atoms with van der Waals surface area (Å²) in [7, 11) is 0. The molecular formula is C78H56N2. The average molecular weight is 1020 g/mol. The van der Waals surface area contributed by atoms with E-state index in [2.05, 4.69) is 331 Å². The molecule has 2 nitrogen and oxygen atoms in total. The molecule has 1 aliphatic rings. The van der Waals surface area contributed by atoms with Crippen molar-refractivity contribution < 1.29 is 0 Å². The summed E-state index contributed by atoms with van der Waals surface area (Å²) in [5.74, 6) is 0.307. The maximum atomic E-state index is 2.46. The van der Waals surface area contributed by atoms with Gasteiger partial charge in [0.1, 0.15) is 0 Å². The number of rotatable bonds is 12. The fourth-order valence-corrected chi connectivity index (χ4v) is 12.0. The number of allylic oxidation sites excluding steroid dienone is 3. The molecule has 1 atom stereocenters. The second-order valence-corrected chi connectivity index (χ2v) is 20.8. The molecule has 0 amide bonds. The van der Waals surface area contributed by atoms with Gasteiger partial charge in [-0.15, -0.1) is 0 Å². The number of anilines is 5. The lowest BCUT2D eigenvalue weighted by Gasteiger charge is -2.30. The van der Waals surface area contributed by atoms with Crippen molar-refractivity contribution in [2.24, 2.45) is 0 Å². The van der Waals surface area contributed by atoms with Crippen LogP contribution in [0.4, 0.5) is 28.4 Å². The molecule has 2 heteroatoms. The Kier molecular flexibility index (Phi) is 12.8.